The molecule has 12 heavy (non-hydrogen) atoms. The molecule has 66 valence electrons. The van der Waals surface area contributed by atoms with E-state index in [4.69, 9.17) is 12.2 Å². The Morgan fingerprint density at radius 2 is 2.58 bits per heavy atom. The Hall–Kier alpha value is -0.420. The van der Waals surface area contributed by atoms with E-state index >= 15 is 0 Å². The van der Waals surface area contributed by atoms with Gasteiger partial charge in [-0.05, 0) is 32.0 Å². The third-order valence-electron chi connectivity index (χ3n) is 2.23. The van der Waals surface area contributed by atoms with Gasteiger partial charge in [-0.3, -0.25) is 5.10 Å². The van der Waals surface area contributed by atoms with Gasteiger partial charge >= 0.3 is 0 Å². The number of hydrogen-bond donors (Lipinski definition) is 1. The molecule has 1 unspecified atom stereocenters. The molecule has 1 aliphatic heterocycles. The molecule has 0 saturated carbocycles. The van der Waals surface area contributed by atoms with Crippen molar-refractivity contribution in [2.45, 2.75) is 25.8 Å². The van der Waals surface area contributed by atoms with Crippen LogP contribution in [-0.4, -0.2) is 22.8 Å². The number of nitrogens with one attached hydrogen (secondary N) is 1. The van der Waals surface area contributed by atoms with Crippen molar-refractivity contribution in [2.24, 2.45) is 0 Å². The third kappa shape index (κ3) is 1.38. The van der Waals surface area contributed by atoms with E-state index in [1.54, 1.807) is 11.3 Å². The molecule has 0 spiro atoms. The van der Waals surface area contributed by atoms with E-state index in [0.29, 0.717) is 6.04 Å². The lowest BCUT2D eigenvalue weighted by Gasteiger charge is -2.18. The molecule has 3 nitrogen and oxygen atoms in total. The molecule has 1 aliphatic rings. The van der Waals surface area contributed by atoms with E-state index < -0.39 is 0 Å². The lowest BCUT2D eigenvalue weighted by Crippen LogP contribution is -2.25. The first-order chi connectivity index (χ1) is 5.77. The summed E-state index contributed by atoms with van der Waals surface area (Å²) in [5, 5.41) is 8.02. The minimum Gasteiger partial charge on any atom is -0.344 e. The highest BCUT2D eigenvalue weighted by Crippen LogP contribution is 2.26. The molecular formula is C7H11N3S2. The predicted molar refractivity (Wildman–Crippen MR) is 53.3 cm³/mol. The van der Waals surface area contributed by atoms with Gasteiger partial charge in [0.05, 0.1) is 0 Å². The summed E-state index contributed by atoms with van der Waals surface area (Å²) in [4.78, 5) is 2.32. The fourth-order valence-corrected chi connectivity index (χ4v) is 2.57. The second kappa shape index (κ2) is 3.14. The van der Waals surface area contributed by atoms with Crippen molar-refractivity contribution in [1.82, 2.24) is 10.2 Å². The maximum atomic E-state index is 4.98. The molecule has 1 atom stereocenters. The van der Waals surface area contributed by atoms with Crippen molar-refractivity contribution in [1.29, 1.82) is 0 Å². The summed E-state index contributed by atoms with van der Waals surface area (Å²) in [5.74, 6) is 0. The van der Waals surface area contributed by atoms with Crippen LogP contribution in [0.1, 0.15) is 19.8 Å². The number of anilines is 1. The average molecular weight is 201 g/mol. The lowest BCUT2D eigenvalue weighted by atomic mass is 10.2. The average Bonchev–Trinajstić information content (AvgIpc) is 2.58. The Balaban J connectivity index is 2.24. The van der Waals surface area contributed by atoms with E-state index in [1.165, 1.54) is 12.8 Å². The summed E-state index contributed by atoms with van der Waals surface area (Å²) in [7, 11) is 0. The largest absolute Gasteiger partial charge is 0.344 e. The number of nitrogens with zero attached hydrogens (tertiary/aromatic N) is 2. The van der Waals surface area contributed by atoms with Gasteiger partial charge in [0.15, 0.2) is 3.95 Å². The number of hydrogen-bond acceptors (Lipinski definition) is 4. The summed E-state index contributed by atoms with van der Waals surface area (Å²) in [5.41, 5.74) is 0. The Kier molecular flexibility index (Phi) is 2.14. The molecule has 0 bridgehead atoms. The Bertz CT molecular complexity index is 316. The Labute approximate surface area is 80.4 Å². The third-order valence-corrected chi connectivity index (χ3v) is 3.35. The smallest absolute Gasteiger partial charge is 0.207 e. The van der Waals surface area contributed by atoms with Crippen LogP contribution in [0.15, 0.2) is 0 Å². The van der Waals surface area contributed by atoms with Crippen LogP contribution in [0.2, 0.25) is 0 Å². The summed E-state index contributed by atoms with van der Waals surface area (Å²) in [6, 6.07) is 0.624. The summed E-state index contributed by atoms with van der Waals surface area (Å²) in [6.45, 7) is 3.36. The van der Waals surface area contributed by atoms with Crippen molar-refractivity contribution >= 4 is 28.7 Å². The van der Waals surface area contributed by atoms with Crippen molar-refractivity contribution in [3.05, 3.63) is 3.95 Å². The monoisotopic (exact) mass is 201 g/mol. The minimum atomic E-state index is 0.624. The topological polar surface area (TPSA) is 31.9 Å². The van der Waals surface area contributed by atoms with Crippen molar-refractivity contribution < 1.29 is 0 Å². The second-order valence-electron chi connectivity index (χ2n) is 3.08. The highest BCUT2D eigenvalue weighted by molar-refractivity contribution is 7.73. The number of H-pyrrole nitrogens is 1. The van der Waals surface area contributed by atoms with E-state index in [1.807, 2.05) is 0 Å². The van der Waals surface area contributed by atoms with Gasteiger partial charge in [0.2, 0.25) is 5.13 Å². The molecule has 2 rings (SSSR count). The van der Waals surface area contributed by atoms with Crippen LogP contribution in [-0.2, 0) is 0 Å². The molecule has 0 aromatic carbocycles. The second-order valence-corrected chi connectivity index (χ2v) is 4.72. The van der Waals surface area contributed by atoms with Gasteiger partial charge in [0, 0.05) is 12.6 Å². The fraction of sp³-hybridized carbons (Fsp3) is 0.714. The zero-order chi connectivity index (χ0) is 8.55. The van der Waals surface area contributed by atoms with E-state index in [2.05, 4.69) is 22.0 Å². The normalized spacial score (nSPS) is 23.4. The van der Waals surface area contributed by atoms with Gasteiger partial charge in [0.1, 0.15) is 0 Å². The van der Waals surface area contributed by atoms with Crippen LogP contribution in [0.5, 0.6) is 0 Å². The Morgan fingerprint density at radius 3 is 3.08 bits per heavy atom. The SMILES string of the molecule is CC1CCCN1c1n[nH]c(=S)s1. The standard InChI is InChI=1S/C7H11N3S2/c1-5-3-2-4-10(5)6-8-9-7(11)12-6/h5H,2-4H2,1H3,(H,9,11). The van der Waals surface area contributed by atoms with E-state index in [0.717, 1.165) is 15.6 Å². The molecule has 0 amide bonds. The molecule has 1 aromatic heterocycles. The molecule has 1 N–H and O–H groups in total. The number of rotatable bonds is 1. The number of aromatic nitrogens is 2. The first kappa shape index (κ1) is 8.19. The maximum absolute atomic E-state index is 4.98. The van der Waals surface area contributed by atoms with Gasteiger partial charge in [-0.1, -0.05) is 11.3 Å². The van der Waals surface area contributed by atoms with Gasteiger partial charge in [0.25, 0.3) is 0 Å². The molecule has 0 radical (unpaired) electrons. The zero-order valence-electron chi connectivity index (χ0n) is 6.91. The molecule has 1 aromatic rings. The van der Waals surface area contributed by atoms with Crippen molar-refractivity contribution in [2.75, 3.05) is 11.4 Å². The first-order valence-electron chi connectivity index (χ1n) is 4.09. The van der Waals surface area contributed by atoms with Crippen LogP contribution >= 0.6 is 23.6 Å². The van der Waals surface area contributed by atoms with Crippen LogP contribution in [0.4, 0.5) is 5.13 Å². The molecule has 1 fully saturated rings. The minimum absolute atomic E-state index is 0.624. The zero-order valence-corrected chi connectivity index (χ0v) is 8.54. The predicted octanol–water partition coefficient (Wildman–Crippen LogP) is 2.19. The molecular weight excluding hydrogens is 190 g/mol. The quantitative estimate of drug-likeness (QED) is 0.707. The lowest BCUT2D eigenvalue weighted by molar-refractivity contribution is 0.729. The van der Waals surface area contributed by atoms with E-state index in [9.17, 15) is 0 Å². The molecule has 1 saturated heterocycles. The van der Waals surface area contributed by atoms with Crippen LogP contribution in [0, 0.1) is 3.95 Å². The fourth-order valence-electron chi connectivity index (χ4n) is 1.56. The highest BCUT2D eigenvalue weighted by Gasteiger charge is 2.22. The van der Waals surface area contributed by atoms with Gasteiger partial charge in [-0.25, -0.2) is 0 Å². The summed E-state index contributed by atoms with van der Waals surface area (Å²) < 4.78 is 0.768. The van der Waals surface area contributed by atoms with Crippen LogP contribution < -0.4 is 4.90 Å². The van der Waals surface area contributed by atoms with Crippen molar-refractivity contribution in [3.8, 4) is 0 Å². The first-order valence-corrected chi connectivity index (χ1v) is 5.32. The highest BCUT2D eigenvalue weighted by atomic mass is 32.1. The van der Waals surface area contributed by atoms with Gasteiger partial charge < -0.3 is 4.90 Å². The molecule has 2 heterocycles. The maximum Gasteiger partial charge on any atom is 0.207 e. The molecule has 0 aliphatic carbocycles. The van der Waals surface area contributed by atoms with E-state index in [-0.39, 0.29) is 0 Å². The van der Waals surface area contributed by atoms with Crippen LogP contribution in [0.3, 0.4) is 0 Å². The van der Waals surface area contributed by atoms with Crippen LogP contribution in [0.25, 0.3) is 0 Å². The Morgan fingerprint density at radius 1 is 1.75 bits per heavy atom. The van der Waals surface area contributed by atoms with Gasteiger partial charge in [-0.15, -0.1) is 5.10 Å². The van der Waals surface area contributed by atoms with Gasteiger partial charge in [-0.2, -0.15) is 0 Å². The summed E-state index contributed by atoms with van der Waals surface area (Å²) in [6.07, 6.45) is 2.54. The molecule has 5 heteroatoms. The number of aromatic amines is 1. The summed E-state index contributed by atoms with van der Waals surface area (Å²) >= 11 is 6.54. The van der Waals surface area contributed by atoms with Crippen molar-refractivity contribution in [3.63, 3.8) is 0 Å².